The Bertz CT molecular complexity index is 1710. The molecule has 1 atom stereocenters. The number of amides is 2. The molecule has 0 aliphatic rings. The van der Waals surface area contributed by atoms with E-state index in [1.807, 2.05) is 37.3 Å². The molecule has 4 rings (SSSR count). The van der Waals surface area contributed by atoms with Crippen LogP contribution in [0.5, 0.6) is 5.75 Å². The summed E-state index contributed by atoms with van der Waals surface area (Å²) in [6.07, 6.45) is 0.769. The van der Waals surface area contributed by atoms with Gasteiger partial charge in [0.1, 0.15) is 24.2 Å². The molecule has 0 aromatic heterocycles. The summed E-state index contributed by atoms with van der Waals surface area (Å²) in [7, 11) is -2.98. The molecule has 0 saturated heterocycles. The quantitative estimate of drug-likeness (QED) is 0.185. The molecule has 0 heterocycles. The van der Waals surface area contributed by atoms with E-state index in [9.17, 15) is 18.0 Å². The van der Waals surface area contributed by atoms with Crippen LogP contribution in [0.25, 0.3) is 0 Å². The predicted octanol–water partition coefficient (Wildman–Crippen LogP) is 5.85. The molecule has 1 N–H and O–H groups in total. The number of nitrogens with zero attached hydrogens (tertiary/aromatic N) is 2. The lowest BCUT2D eigenvalue weighted by Crippen LogP contribution is -2.53. The normalized spacial score (nSPS) is 11.8. The van der Waals surface area contributed by atoms with E-state index >= 15 is 4.39 Å². The lowest BCUT2D eigenvalue weighted by Gasteiger charge is -2.34. The Morgan fingerprint density at radius 1 is 0.933 bits per heavy atom. The van der Waals surface area contributed by atoms with Gasteiger partial charge in [-0.05, 0) is 48.4 Å². The highest BCUT2D eigenvalue weighted by atomic mass is 35.5. The number of methoxy groups -OCH3 is 1. The summed E-state index contributed by atoms with van der Waals surface area (Å²) >= 11 is 6.30. The fourth-order valence-electron chi connectivity index (χ4n) is 4.82. The third kappa shape index (κ3) is 8.40. The second kappa shape index (κ2) is 15.5. The van der Waals surface area contributed by atoms with Gasteiger partial charge in [-0.3, -0.25) is 13.9 Å². The number of halogens is 2. The van der Waals surface area contributed by atoms with Gasteiger partial charge in [0.15, 0.2) is 0 Å². The summed E-state index contributed by atoms with van der Waals surface area (Å²) in [6.45, 7) is 1.25. The van der Waals surface area contributed by atoms with Crippen LogP contribution in [-0.4, -0.2) is 51.4 Å². The predicted molar refractivity (Wildman–Crippen MR) is 173 cm³/mol. The average Bonchev–Trinajstić information content (AvgIpc) is 3.05. The van der Waals surface area contributed by atoms with Gasteiger partial charge in [-0.2, -0.15) is 0 Å². The summed E-state index contributed by atoms with van der Waals surface area (Å²) in [5.41, 5.74) is 0.971. The number of hydrogen-bond acceptors (Lipinski definition) is 5. The maximum atomic E-state index is 15.0. The van der Waals surface area contributed by atoms with Crippen LogP contribution in [0, 0.1) is 5.82 Å². The third-order valence-corrected chi connectivity index (χ3v) is 9.15. The van der Waals surface area contributed by atoms with E-state index < -0.39 is 40.2 Å². The second-order valence-corrected chi connectivity index (χ2v) is 12.5. The number of carbonyl (C=O) groups is 2. The molecule has 0 unspecified atom stereocenters. The van der Waals surface area contributed by atoms with Gasteiger partial charge < -0.3 is 15.0 Å². The van der Waals surface area contributed by atoms with Crippen LogP contribution in [0.1, 0.15) is 24.5 Å². The first-order valence-corrected chi connectivity index (χ1v) is 16.2. The van der Waals surface area contributed by atoms with Gasteiger partial charge in [0, 0.05) is 30.1 Å². The Labute approximate surface area is 268 Å². The van der Waals surface area contributed by atoms with Crippen LogP contribution in [0.3, 0.4) is 0 Å². The molecule has 236 valence electrons. The SMILES string of the molecule is CCCNC(=O)[C@@H](Cc1ccccc1)N(Cc1ccccc1F)C(=O)CN(c1cc(Cl)ccc1OC)S(=O)(=O)c1ccccc1. The molecule has 45 heavy (non-hydrogen) atoms. The smallest absolute Gasteiger partial charge is 0.264 e. The lowest BCUT2D eigenvalue weighted by molar-refractivity contribution is -0.140. The van der Waals surface area contributed by atoms with Crippen molar-refractivity contribution in [3.05, 3.63) is 125 Å². The highest BCUT2D eigenvalue weighted by Crippen LogP contribution is 2.35. The fraction of sp³-hybridized carbons (Fsp3) is 0.235. The van der Waals surface area contributed by atoms with Gasteiger partial charge >= 0.3 is 0 Å². The van der Waals surface area contributed by atoms with Crippen molar-refractivity contribution < 1.29 is 27.1 Å². The van der Waals surface area contributed by atoms with Crippen molar-refractivity contribution >= 4 is 39.1 Å². The molecule has 0 bridgehead atoms. The van der Waals surface area contributed by atoms with E-state index in [0.717, 1.165) is 9.87 Å². The Morgan fingerprint density at radius 2 is 1.58 bits per heavy atom. The second-order valence-electron chi connectivity index (χ2n) is 10.3. The van der Waals surface area contributed by atoms with Crippen molar-refractivity contribution in [3.63, 3.8) is 0 Å². The van der Waals surface area contributed by atoms with Crippen LogP contribution in [-0.2, 0) is 32.6 Å². The largest absolute Gasteiger partial charge is 0.495 e. The van der Waals surface area contributed by atoms with E-state index in [2.05, 4.69) is 5.32 Å². The number of anilines is 1. The molecule has 0 saturated carbocycles. The molecule has 0 fully saturated rings. The Balaban J connectivity index is 1.85. The van der Waals surface area contributed by atoms with Crippen LogP contribution in [0.15, 0.2) is 108 Å². The van der Waals surface area contributed by atoms with Gasteiger partial charge in [0.2, 0.25) is 11.8 Å². The number of rotatable bonds is 14. The molecule has 4 aromatic rings. The summed E-state index contributed by atoms with van der Waals surface area (Å²) in [6, 6.07) is 26.1. The Kier molecular flexibility index (Phi) is 11.6. The zero-order valence-corrected chi connectivity index (χ0v) is 26.6. The lowest BCUT2D eigenvalue weighted by atomic mass is 10.0. The summed E-state index contributed by atoms with van der Waals surface area (Å²) in [5, 5.41) is 3.08. The number of carbonyl (C=O) groups excluding carboxylic acids is 2. The zero-order chi connectivity index (χ0) is 32.4. The average molecular weight is 652 g/mol. The Hall–Kier alpha value is -4.41. The summed E-state index contributed by atoms with van der Waals surface area (Å²) in [5.74, 6) is -1.57. The summed E-state index contributed by atoms with van der Waals surface area (Å²) in [4.78, 5) is 29.3. The highest BCUT2D eigenvalue weighted by Gasteiger charge is 2.36. The number of benzene rings is 4. The minimum atomic E-state index is -4.36. The van der Waals surface area contributed by atoms with Gasteiger partial charge in [-0.15, -0.1) is 0 Å². The van der Waals surface area contributed by atoms with Crippen LogP contribution >= 0.6 is 11.6 Å². The van der Waals surface area contributed by atoms with Crippen molar-refractivity contribution in [3.8, 4) is 5.75 Å². The van der Waals surface area contributed by atoms with Gasteiger partial charge in [0.05, 0.1) is 17.7 Å². The van der Waals surface area contributed by atoms with Crippen molar-refractivity contribution in [2.24, 2.45) is 0 Å². The van der Waals surface area contributed by atoms with E-state index in [0.29, 0.717) is 13.0 Å². The molecular weight excluding hydrogens is 617 g/mol. The Morgan fingerprint density at radius 3 is 2.22 bits per heavy atom. The molecule has 0 aliphatic heterocycles. The van der Waals surface area contributed by atoms with Crippen molar-refractivity contribution in [2.45, 2.75) is 37.2 Å². The minimum Gasteiger partial charge on any atom is -0.495 e. The first-order valence-electron chi connectivity index (χ1n) is 14.4. The number of hydrogen-bond donors (Lipinski definition) is 1. The monoisotopic (exact) mass is 651 g/mol. The van der Waals surface area contributed by atoms with Crippen LogP contribution in [0.4, 0.5) is 10.1 Å². The van der Waals surface area contributed by atoms with Crippen molar-refractivity contribution in [2.75, 3.05) is 24.5 Å². The van der Waals surface area contributed by atoms with E-state index in [1.54, 1.807) is 24.3 Å². The fourth-order valence-corrected chi connectivity index (χ4v) is 6.43. The third-order valence-electron chi connectivity index (χ3n) is 7.14. The number of nitrogens with one attached hydrogen (secondary N) is 1. The van der Waals surface area contributed by atoms with Gasteiger partial charge in [-0.1, -0.05) is 85.3 Å². The molecular formula is C34H35ClFN3O5S. The molecule has 0 spiro atoms. The molecule has 2 amide bonds. The summed E-state index contributed by atoms with van der Waals surface area (Å²) < 4.78 is 49.7. The van der Waals surface area contributed by atoms with Crippen LogP contribution < -0.4 is 14.4 Å². The van der Waals surface area contributed by atoms with E-state index in [4.69, 9.17) is 16.3 Å². The maximum Gasteiger partial charge on any atom is 0.264 e. The standard InChI is InChI=1S/C34H35ClFN3O5S/c1-3-20-37-34(41)31(21-25-12-6-4-7-13-25)38(23-26-14-10-11-17-29(26)36)33(40)24-39(30-22-27(35)18-19-32(30)44-2)45(42,43)28-15-8-5-9-16-28/h4-19,22,31H,3,20-21,23-24H2,1-2H3,(H,37,41)/t31-/m1/s1. The van der Waals surface area contributed by atoms with Crippen molar-refractivity contribution in [1.29, 1.82) is 0 Å². The number of sulfonamides is 1. The van der Waals surface area contributed by atoms with E-state index in [-0.39, 0.29) is 39.9 Å². The van der Waals surface area contributed by atoms with Crippen LogP contribution in [0.2, 0.25) is 5.02 Å². The molecule has 8 nitrogen and oxygen atoms in total. The number of ether oxygens (including phenoxy) is 1. The zero-order valence-electron chi connectivity index (χ0n) is 25.0. The molecule has 4 aromatic carbocycles. The molecule has 11 heteroatoms. The first-order chi connectivity index (χ1) is 21.6. The van der Waals surface area contributed by atoms with E-state index in [1.165, 1.54) is 60.5 Å². The molecule has 0 radical (unpaired) electrons. The minimum absolute atomic E-state index is 0.0306. The first kappa shape index (κ1) is 33.5. The van der Waals surface area contributed by atoms with Crippen molar-refractivity contribution in [1.82, 2.24) is 10.2 Å². The topological polar surface area (TPSA) is 96.0 Å². The maximum absolute atomic E-state index is 15.0. The highest BCUT2D eigenvalue weighted by molar-refractivity contribution is 7.92. The molecule has 0 aliphatic carbocycles. The van der Waals surface area contributed by atoms with Gasteiger partial charge in [-0.25, -0.2) is 12.8 Å². The van der Waals surface area contributed by atoms with Gasteiger partial charge in [0.25, 0.3) is 10.0 Å².